The Kier molecular flexibility index (Phi) is 10.0. The summed E-state index contributed by atoms with van der Waals surface area (Å²) in [6.07, 6.45) is 0.833. The fourth-order valence-corrected chi connectivity index (χ4v) is 1.09. The Morgan fingerprint density at radius 1 is 1.43 bits per heavy atom. The molecule has 6 nitrogen and oxygen atoms in total. The lowest BCUT2D eigenvalue weighted by atomic mass is 10.7. The molecule has 0 radical (unpaired) electrons. The number of rotatable bonds is 5. The predicted octanol–water partition coefficient (Wildman–Crippen LogP) is 1.42. The molecule has 0 aliphatic heterocycles. The van der Waals surface area contributed by atoms with E-state index in [1.165, 1.54) is 0 Å². The third kappa shape index (κ3) is 13.9. The van der Waals surface area contributed by atoms with Crippen LogP contribution in [0, 0.1) is 0 Å². The van der Waals surface area contributed by atoms with Crippen molar-refractivity contribution >= 4 is 13.8 Å². The van der Waals surface area contributed by atoms with Crippen LogP contribution in [0.4, 0.5) is 0 Å². The van der Waals surface area contributed by atoms with E-state index in [9.17, 15) is 9.36 Å². The van der Waals surface area contributed by atoms with Gasteiger partial charge in [-0.3, -0.25) is 9.05 Å². The Balaban J connectivity index is 0. The summed E-state index contributed by atoms with van der Waals surface area (Å²) >= 11 is 0. The molecule has 0 amide bonds. The van der Waals surface area contributed by atoms with Gasteiger partial charge in [0.2, 0.25) is 0 Å². The van der Waals surface area contributed by atoms with Crippen LogP contribution in [-0.4, -0.2) is 29.2 Å². The quantitative estimate of drug-likeness (QED) is 0.543. The van der Waals surface area contributed by atoms with E-state index in [1.807, 2.05) is 0 Å². The van der Waals surface area contributed by atoms with Crippen LogP contribution in [0.15, 0.2) is 12.7 Å². The highest BCUT2D eigenvalue weighted by molar-refractivity contribution is 7.47. The molecule has 0 aromatic heterocycles. The summed E-state index contributed by atoms with van der Waals surface area (Å²) in [5, 5.41) is 7.60. The molecule has 14 heavy (non-hydrogen) atoms. The number of carboxylic acids is 1. The molecule has 0 saturated heterocycles. The molecule has 0 heterocycles. The third-order valence-corrected chi connectivity index (χ3v) is 1.93. The van der Waals surface area contributed by atoms with Crippen LogP contribution >= 0.6 is 7.82 Å². The highest BCUT2D eigenvalue weighted by Gasteiger charge is 2.17. The number of phosphoric ester groups is 1. The minimum Gasteiger partial charge on any atom is -0.478 e. The van der Waals surface area contributed by atoms with Crippen LogP contribution < -0.4 is 0 Å². The topological polar surface area (TPSA) is 93.1 Å². The van der Waals surface area contributed by atoms with Crippen molar-refractivity contribution in [3.8, 4) is 0 Å². The van der Waals surface area contributed by atoms with Crippen molar-refractivity contribution in [3.05, 3.63) is 12.7 Å². The second-order valence-corrected chi connectivity index (χ2v) is 3.30. The first-order chi connectivity index (χ1) is 6.39. The van der Waals surface area contributed by atoms with Gasteiger partial charge in [-0.1, -0.05) is 6.58 Å². The average molecular weight is 226 g/mol. The van der Waals surface area contributed by atoms with Crippen molar-refractivity contribution in [2.75, 3.05) is 13.2 Å². The third-order valence-electron chi connectivity index (χ3n) is 0.759. The lowest BCUT2D eigenvalue weighted by Crippen LogP contribution is -1.93. The molecule has 0 unspecified atom stereocenters. The molecule has 0 aliphatic carbocycles. The summed E-state index contributed by atoms with van der Waals surface area (Å²) in [5.41, 5.74) is 0. The number of aliphatic carboxylic acids is 1. The van der Waals surface area contributed by atoms with Crippen LogP contribution in [-0.2, 0) is 18.4 Å². The minimum absolute atomic E-state index is 0.188. The molecular formula is C7H15O6P. The number of hydrogen-bond donors (Lipinski definition) is 2. The first-order valence-electron chi connectivity index (χ1n) is 3.86. The maximum absolute atomic E-state index is 10.5. The van der Waals surface area contributed by atoms with Gasteiger partial charge in [0.1, 0.15) is 0 Å². The smallest absolute Gasteiger partial charge is 0.472 e. The van der Waals surface area contributed by atoms with E-state index in [0.717, 1.165) is 6.08 Å². The van der Waals surface area contributed by atoms with E-state index in [0.29, 0.717) is 0 Å². The summed E-state index contributed by atoms with van der Waals surface area (Å²) in [4.78, 5) is 17.9. The van der Waals surface area contributed by atoms with Gasteiger partial charge in [-0.15, -0.1) is 0 Å². The largest absolute Gasteiger partial charge is 0.478 e. The van der Waals surface area contributed by atoms with Gasteiger partial charge in [-0.25, -0.2) is 9.36 Å². The molecule has 0 fully saturated rings. The molecule has 0 atom stereocenters. The first-order valence-corrected chi connectivity index (χ1v) is 5.36. The molecular weight excluding hydrogens is 211 g/mol. The van der Waals surface area contributed by atoms with Crippen molar-refractivity contribution in [1.29, 1.82) is 0 Å². The lowest BCUT2D eigenvalue weighted by Gasteiger charge is -2.07. The standard InChI is InChI=1S/C4H11O4P.C3H4O2/c1-3-7-9(5,6)8-4-2;1-2-3(4)5/h3-4H2,1-2H3,(H,5,6);2H,1H2,(H,4,5). The second kappa shape index (κ2) is 8.90. The van der Waals surface area contributed by atoms with Crippen molar-refractivity contribution in [3.63, 3.8) is 0 Å². The molecule has 0 aromatic rings. The molecule has 2 N–H and O–H groups in total. The monoisotopic (exact) mass is 226 g/mol. The van der Waals surface area contributed by atoms with Crippen LogP contribution in [0.5, 0.6) is 0 Å². The predicted molar refractivity (Wildman–Crippen MR) is 50.9 cm³/mol. The molecule has 7 heteroatoms. The van der Waals surface area contributed by atoms with E-state index in [2.05, 4.69) is 15.6 Å². The Morgan fingerprint density at radius 2 is 1.71 bits per heavy atom. The van der Waals surface area contributed by atoms with Gasteiger partial charge in [-0.2, -0.15) is 0 Å². The fourth-order valence-electron chi connectivity index (χ4n) is 0.364. The Labute approximate surface area is 82.8 Å². The van der Waals surface area contributed by atoms with Gasteiger partial charge in [0.05, 0.1) is 13.2 Å². The second-order valence-electron chi connectivity index (χ2n) is 1.85. The van der Waals surface area contributed by atoms with Gasteiger partial charge in [0, 0.05) is 6.08 Å². The van der Waals surface area contributed by atoms with Crippen molar-refractivity contribution in [2.45, 2.75) is 13.8 Å². The van der Waals surface area contributed by atoms with E-state index < -0.39 is 13.8 Å². The number of carbonyl (C=O) groups is 1. The van der Waals surface area contributed by atoms with Gasteiger partial charge < -0.3 is 10.00 Å². The van der Waals surface area contributed by atoms with Crippen molar-refractivity contribution in [1.82, 2.24) is 0 Å². The van der Waals surface area contributed by atoms with Crippen LogP contribution in [0.3, 0.4) is 0 Å². The van der Waals surface area contributed by atoms with Crippen molar-refractivity contribution in [2.24, 2.45) is 0 Å². The van der Waals surface area contributed by atoms with Gasteiger partial charge in [0.25, 0.3) is 0 Å². The van der Waals surface area contributed by atoms with Crippen molar-refractivity contribution < 1.29 is 28.4 Å². The molecule has 0 bridgehead atoms. The minimum atomic E-state index is -3.69. The molecule has 0 spiro atoms. The summed E-state index contributed by atoms with van der Waals surface area (Å²) < 4.78 is 19.2. The number of carboxylic acid groups (broad SMARTS) is 1. The highest BCUT2D eigenvalue weighted by atomic mass is 31.2. The van der Waals surface area contributed by atoms with E-state index >= 15 is 0 Å². The van der Waals surface area contributed by atoms with E-state index in [-0.39, 0.29) is 13.2 Å². The molecule has 0 aliphatic rings. The summed E-state index contributed by atoms with van der Waals surface area (Å²) in [6, 6.07) is 0. The highest BCUT2D eigenvalue weighted by Crippen LogP contribution is 2.42. The summed E-state index contributed by atoms with van der Waals surface area (Å²) in [7, 11) is -3.69. The number of phosphoric acid groups is 1. The van der Waals surface area contributed by atoms with E-state index in [1.54, 1.807) is 13.8 Å². The van der Waals surface area contributed by atoms with Crippen LogP contribution in [0.2, 0.25) is 0 Å². The van der Waals surface area contributed by atoms with Gasteiger partial charge in [0.15, 0.2) is 0 Å². The first kappa shape index (κ1) is 15.8. The molecule has 84 valence electrons. The van der Waals surface area contributed by atoms with E-state index in [4.69, 9.17) is 10.00 Å². The average Bonchev–Trinajstić information content (AvgIpc) is 2.05. The fraction of sp³-hybridized carbons (Fsp3) is 0.571. The SMILES string of the molecule is C=CC(=O)O.CCOP(=O)(O)OCC. The maximum atomic E-state index is 10.5. The van der Waals surface area contributed by atoms with Crippen LogP contribution in [0.25, 0.3) is 0 Å². The number of hydrogen-bond acceptors (Lipinski definition) is 4. The Bertz CT molecular complexity index is 204. The molecule has 0 rings (SSSR count). The molecule has 0 aromatic carbocycles. The zero-order valence-corrected chi connectivity index (χ0v) is 9.07. The zero-order chi connectivity index (χ0) is 11.6. The molecule has 0 saturated carbocycles. The summed E-state index contributed by atoms with van der Waals surface area (Å²) in [6.45, 7) is 6.59. The Morgan fingerprint density at radius 3 is 1.86 bits per heavy atom. The Hall–Kier alpha value is -0.680. The van der Waals surface area contributed by atoms with Gasteiger partial charge >= 0.3 is 13.8 Å². The lowest BCUT2D eigenvalue weighted by molar-refractivity contribution is -0.131. The maximum Gasteiger partial charge on any atom is 0.472 e. The summed E-state index contributed by atoms with van der Waals surface area (Å²) in [5.74, 6) is -0.981. The van der Waals surface area contributed by atoms with Gasteiger partial charge in [-0.05, 0) is 13.8 Å². The van der Waals surface area contributed by atoms with Crippen LogP contribution in [0.1, 0.15) is 13.8 Å². The zero-order valence-electron chi connectivity index (χ0n) is 8.17. The normalized spacial score (nSPS) is 9.93.